The number of nitrogens with zero attached hydrogens (tertiary/aromatic N) is 1. The molecule has 0 aromatic heterocycles. The Morgan fingerprint density at radius 1 is 0.164 bits per heavy atom. The van der Waals surface area contributed by atoms with Crippen LogP contribution >= 0.6 is 0 Å². The van der Waals surface area contributed by atoms with Crippen LogP contribution in [0.1, 0.15) is 447 Å². The molecule has 0 radical (unpaired) electrons. The molecule has 5 aliphatic rings. The van der Waals surface area contributed by atoms with Crippen LogP contribution in [0.4, 0.5) is 17.1 Å². The molecule has 1 aliphatic heterocycles. The number of ether oxygens (including phenoxy) is 1. The van der Waals surface area contributed by atoms with Gasteiger partial charge >= 0.3 is 0 Å². The van der Waals surface area contributed by atoms with Gasteiger partial charge in [0.1, 0.15) is 0 Å². The summed E-state index contributed by atoms with van der Waals surface area (Å²) in [4.78, 5) is 2.63. The van der Waals surface area contributed by atoms with Crippen molar-refractivity contribution in [1.82, 2.24) is 0 Å². The first-order chi connectivity index (χ1) is 69.1. The van der Waals surface area contributed by atoms with Crippen molar-refractivity contribution in [1.29, 1.82) is 0 Å². The van der Waals surface area contributed by atoms with E-state index in [9.17, 15) is 0 Å². The average molecular weight is 1860 g/mol. The molecule has 0 unspecified atom stereocenters. The number of unbranched alkanes of at least 4 members (excludes halogenated alkanes) is 38. The minimum atomic E-state index is -0.143. The van der Waals surface area contributed by atoms with Gasteiger partial charge in [-0.3, -0.25) is 0 Å². The van der Waals surface area contributed by atoms with Gasteiger partial charge in [-0.25, -0.2) is 0 Å². The van der Waals surface area contributed by atoms with E-state index < -0.39 is 0 Å². The van der Waals surface area contributed by atoms with Crippen LogP contribution in [0.5, 0.6) is 11.5 Å². The molecule has 0 saturated carbocycles. The molecule has 2 heteroatoms. The third-order valence-corrected chi connectivity index (χ3v) is 34.5. The zero-order valence-electron chi connectivity index (χ0n) is 88.2. The monoisotopic (exact) mass is 1860 g/mol. The summed E-state index contributed by atoms with van der Waals surface area (Å²) < 4.78 is 8.02. The van der Waals surface area contributed by atoms with E-state index in [4.69, 9.17) is 4.74 Å². The Kier molecular flexibility index (Phi) is 36.3. The van der Waals surface area contributed by atoms with E-state index in [1.165, 1.54) is 436 Å². The fourth-order valence-electron chi connectivity index (χ4n) is 27.0. The van der Waals surface area contributed by atoms with E-state index in [-0.39, 0.29) is 21.7 Å². The lowest BCUT2D eigenvalue weighted by molar-refractivity contribution is 0.394. The zero-order valence-corrected chi connectivity index (χ0v) is 88.2. The molecular formula is C138H173NO. The van der Waals surface area contributed by atoms with Crippen LogP contribution in [0, 0.1) is 0 Å². The summed E-state index contributed by atoms with van der Waals surface area (Å²) >= 11 is 0. The van der Waals surface area contributed by atoms with Crippen molar-refractivity contribution in [3.05, 3.63) is 293 Å². The van der Waals surface area contributed by atoms with Crippen LogP contribution < -0.4 is 9.64 Å². The zero-order chi connectivity index (χ0) is 96.4. The molecule has 0 fully saturated rings. The fourth-order valence-corrected chi connectivity index (χ4v) is 27.0. The van der Waals surface area contributed by atoms with E-state index in [2.05, 4.69) is 309 Å². The smallest absolute Gasteiger partial charge is 0.152 e. The highest BCUT2D eigenvalue weighted by Gasteiger charge is 2.51. The number of fused-ring (bicyclic) bond motifs is 14. The fraction of sp³-hybridized carbons (Fsp3) is 0.478. The maximum absolute atomic E-state index is 8.02. The van der Waals surface area contributed by atoms with E-state index in [0.717, 1.165) is 28.6 Å². The molecule has 140 heavy (non-hydrogen) atoms. The van der Waals surface area contributed by atoms with Gasteiger partial charge in [-0.15, -0.1) is 0 Å². The van der Waals surface area contributed by atoms with Gasteiger partial charge in [0.05, 0.1) is 17.1 Å². The second kappa shape index (κ2) is 50.0. The predicted octanol–water partition coefficient (Wildman–Crippen LogP) is 43.9. The summed E-state index contributed by atoms with van der Waals surface area (Å²) in [7, 11) is 0. The quantitative estimate of drug-likeness (QED) is 0.0352. The van der Waals surface area contributed by atoms with Crippen molar-refractivity contribution in [2.75, 3.05) is 4.90 Å². The van der Waals surface area contributed by atoms with Gasteiger partial charge < -0.3 is 9.64 Å². The lowest BCUT2D eigenvalue weighted by Gasteiger charge is -2.36. The molecule has 0 N–H and O–H groups in total. The molecule has 0 spiro atoms. The van der Waals surface area contributed by atoms with E-state index >= 15 is 0 Å². The van der Waals surface area contributed by atoms with Crippen molar-refractivity contribution in [3.8, 4) is 112 Å². The number of anilines is 3. The van der Waals surface area contributed by atoms with E-state index in [0.29, 0.717) is 0 Å². The third-order valence-electron chi connectivity index (χ3n) is 34.5. The SMILES string of the molecule is CCCCCCCCC1(CCCCCCCC)c2cc(-c3ccc4c(c3)Oc3cc(-c5ccc6c(c5)C(CCCCCCCC)(CCCCCCCC)c5cc7c(cc5-6)C(CCCCCCCC)(CCCCCCCC)c5ccccc5-7)ccc3N4c3c(-c4ccccc4)cc(-c4ccccc4)cc3-c3ccccc3)ccc2-c2cc3c(cc21)-c1ccccc1C3(CCCCCCC)CCCCCCC. The first-order valence-corrected chi connectivity index (χ1v) is 58.1. The lowest BCUT2D eigenvalue weighted by atomic mass is 9.68. The van der Waals surface area contributed by atoms with Gasteiger partial charge in [0, 0.05) is 32.8 Å². The van der Waals surface area contributed by atoms with Gasteiger partial charge in [-0.1, -0.05) is 527 Å². The maximum atomic E-state index is 8.02. The molecule has 12 aromatic carbocycles. The summed E-state index contributed by atoms with van der Waals surface area (Å²) in [6.07, 6.45) is 69.4. The minimum Gasteiger partial charge on any atom is -0.453 e. The second-order valence-corrected chi connectivity index (χ2v) is 44.1. The Labute approximate surface area is 849 Å². The van der Waals surface area contributed by atoms with E-state index in [1.807, 2.05) is 0 Å². The largest absolute Gasteiger partial charge is 0.453 e. The van der Waals surface area contributed by atoms with Crippen LogP contribution in [-0.2, 0) is 21.7 Å². The van der Waals surface area contributed by atoms with Crippen LogP contribution in [0.15, 0.2) is 249 Å². The highest BCUT2D eigenvalue weighted by atomic mass is 16.5. The molecule has 736 valence electrons. The summed E-state index contributed by atoms with van der Waals surface area (Å²) in [6.45, 7) is 19.0. The van der Waals surface area contributed by atoms with Gasteiger partial charge in [-0.05, 0) is 258 Å². The topological polar surface area (TPSA) is 12.5 Å². The van der Waals surface area contributed by atoms with Crippen molar-refractivity contribution >= 4 is 17.1 Å². The molecule has 0 amide bonds. The highest BCUT2D eigenvalue weighted by molar-refractivity contribution is 6.04. The number of rotatable bonds is 60. The predicted molar refractivity (Wildman–Crippen MR) is 608 cm³/mol. The van der Waals surface area contributed by atoms with Crippen molar-refractivity contribution in [2.24, 2.45) is 0 Å². The molecule has 0 bridgehead atoms. The first-order valence-electron chi connectivity index (χ1n) is 58.1. The maximum Gasteiger partial charge on any atom is 0.152 e. The van der Waals surface area contributed by atoms with Crippen molar-refractivity contribution in [3.63, 3.8) is 0 Å². The molecule has 12 aromatic rings. The summed E-state index contributed by atoms with van der Waals surface area (Å²) in [5, 5.41) is 0. The van der Waals surface area contributed by atoms with Crippen molar-refractivity contribution < 1.29 is 4.74 Å². The molecule has 0 atom stereocenters. The Hall–Kier alpha value is -9.76. The highest BCUT2D eigenvalue weighted by Crippen LogP contribution is 2.66. The average Bonchev–Trinajstić information content (AvgIpc) is 1.53. The van der Waals surface area contributed by atoms with Crippen LogP contribution in [-0.4, -0.2) is 0 Å². The number of hydrogen-bond acceptors (Lipinski definition) is 2. The Morgan fingerprint density at radius 3 is 0.686 bits per heavy atom. The van der Waals surface area contributed by atoms with Gasteiger partial charge in [0.15, 0.2) is 11.5 Å². The van der Waals surface area contributed by atoms with Crippen LogP contribution in [0.2, 0.25) is 0 Å². The molecule has 1 heterocycles. The van der Waals surface area contributed by atoms with Crippen LogP contribution in [0.3, 0.4) is 0 Å². The first kappa shape index (κ1) is 102. The number of hydrogen-bond donors (Lipinski definition) is 0. The summed E-state index contributed by atoms with van der Waals surface area (Å²) in [5.74, 6) is 1.75. The summed E-state index contributed by atoms with van der Waals surface area (Å²) in [5.41, 5.74) is 40.0. The molecular weight excluding hydrogens is 1690 g/mol. The normalized spacial score (nSPS) is 14.2. The lowest BCUT2D eigenvalue weighted by Crippen LogP contribution is -2.27. The van der Waals surface area contributed by atoms with Gasteiger partial charge in [0.2, 0.25) is 0 Å². The van der Waals surface area contributed by atoms with Gasteiger partial charge in [0.25, 0.3) is 0 Å². The molecule has 0 saturated heterocycles. The Balaban J connectivity index is 0.843. The Bertz CT molecular complexity index is 5760. The molecule has 4 aliphatic carbocycles. The number of benzene rings is 12. The van der Waals surface area contributed by atoms with E-state index in [1.54, 1.807) is 55.6 Å². The summed E-state index contributed by atoms with van der Waals surface area (Å²) in [6, 6.07) is 100. The van der Waals surface area contributed by atoms with Crippen molar-refractivity contribution in [2.45, 2.75) is 424 Å². The van der Waals surface area contributed by atoms with Gasteiger partial charge in [-0.2, -0.15) is 0 Å². The molecule has 17 rings (SSSR count). The second-order valence-electron chi connectivity index (χ2n) is 44.1. The Morgan fingerprint density at radius 2 is 0.393 bits per heavy atom. The minimum absolute atomic E-state index is 0.00458. The molecule has 2 nitrogen and oxygen atoms in total. The standard InChI is InChI=1S/C138H173NO/c1-9-17-25-33-41-62-88-136(89-63-42-34-26-18-10-2)123-77-59-57-75-113(123)119-101-129-121(103-127(119)136)115-83-79-108(97-125(115)138(129,92-66-45-37-29-21-13-5)93-67-46-38-30-22-14-6)110-81-85-131-133(99-110)140-132-98-109(80-84-130(132)139(131)134-116(105-70-52-48-53-71-105)94-111(104-68-50-47-51-69-104)95-117(134)106-72-54-49-55-73-106)107-78-82-114-120-102-126-118(112-74-56-58-76-122(112)135(126,86-60-39-31-23-15-7)87-61-40-32-24-16-8)100-128(120)137(124(114)96-107,90-64-43-35-27-19-11-3)91-65-44-36-28-20-12-4/h47-59,68-85,94-103H,9-46,60-67,86-93H2,1-8H3. The van der Waals surface area contributed by atoms with Crippen LogP contribution in [0.25, 0.3) is 100 Å². The third kappa shape index (κ3) is 22.1.